The Hall–Kier alpha value is -2.81. The van der Waals surface area contributed by atoms with Gasteiger partial charge in [-0.05, 0) is 44.5 Å². The van der Waals surface area contributed by atoms with Crippen LogP contribution in [0.2, 0.25) is 0 Å². The number of benzene rings is 1. The molecule has 0 aliphatic rings. The molecule has 27 heavy (non-hydrogen) atoms. The molecule has 1 N–H and O–H groups in total. The van der Waals surface area contributed by atoms with Gasteiger partial charge in [-0.25, -0.2) is 0 Å². The number of aromatic nitrogens is 2. The van der Waals surface area contributed by atoms with E-state index >= 15 is 0 Å². The van der Waals surface area contributed by atoms with E-state index in [2.05, 4.69) is 15.5 Å². The maximum atomic E-state index is 12.3. The molecule has 0 fully saturated rings. The monoisotopic (exact) mass is 391 g/mol. The number of Topliss-reactive ketones (excluding diaryl/α,β-unsaturated/α-hetero) is 1. The molecule has 1 aromatic heterocycles. The fourth-order valence-electron chi connectivity index (χ4n) is 2.22. The molecule has 0 bridgehead atoms. The first kappa shape index (κ1) is 20.5. The second-order valence-electron chi connectivity index (χ2n) is 5.75. The van der Waals surface area contributed by atoms with E-state index in [1.54, 1.807) is 31.2 Å². The molecule has 0 saturated carbocycles. The molecule has 0 aliphatic carbocycles. The number of aryl methyl sites for hydroxylation is 1. The Morgan fingerprint density at radius 1 is 1.15 bits per heavy atom. The Morgan fingerprint density at radius 3 is 2.44 bits per heavy atom. The number of ether oxygens (including phenoxy) is 2. The molecular formula is C18H21N3O5S. The van der Waals surface area contributed by atoms with Crippen molar-refractivity contribution in [2.75, 3.05) is 12.4 Å². The van der Waals surface area contributed by atoms with Crippen molar-refractivity contribution in [3.63, 3.8) is 0 Å². The molecule has 8 nitrogen and oxygen atoms in total. The zero-order chi connectivity index (χ0) is 19.8. The summed E-state index contributed by atoms with van der Waals surface area (Å²) < 4.78 is 10.2. The fraction of sp³-hybridized carbons (Fsp3) is 0.389. The predicted molar refractivity (Wildman–Crippen MR) is 100 cm³/mol. The van der Waals surface area contributed by atoms with Crippen molar-refractivity contribution in [2.45, 2.75) is 39.2 Å². The summed E-state index contributed by atoms with van der Waals surface area (Å²) in [6.45, 7) is 3.31. The number of carbonyl (C=O) groups excluding carboxylic acids is 3. The molecule has 1 aromatic carbocycles. The topological polar surface area (TPSA) is 107 Å². The van der Waals surface area contributed by atoms with Crippen LogP contribution in [0, 0.1) is 6.92 Å². The van der Waals surface area contributed by atoms with E-state index in [0.29, 0.717) is 22.9 Å². The van der Waals surface area contributed by atoms with Crippen molar-refractivity contribution in [1.29, 1.82) is 0 Å². The van der Waals surface area contributed by atoms with Gasteiger partial charge in [-0.3, -0.25) is 14.4 Å². The van der Waals surface area contributed by atoms with E-state index in [9.17, 15) is 14.4 Å². The van der Waals surface area contributed by atoms with Crippen molar-refractivity contribution in [3.05, 3.63) is 34.8 Å². The average Bonchev–Trinajstić information content (AvgIpc) is 3.05. The lowest BCUT2D eigenvalue weighted by Crippen LogP contribution is -2.24. The molecule has 1 atom stereocenters. The van der Waals surface area contributed by atoms with Crippen LogP contribution in [-0.2, 0) is 14.3 Å². The van der Waals surface area contributed by atoms with Crippen LogP contribution in [0.25, 0.3) is 0 Å². The van der Waals surface area contributed by atoms with Crippen LogP contribution >= 0.6 is 11.3 Å². The van der Waals surface area contributed by atoms with Gasteiger partial charge in [0.25, 0.3) is 0 Å². The number of ketones is 1. The van der Waals surface area contributed by atoms with E-state index in [1.165, 1.54) is 25.4 Å². The minimum absolute atomic E-state index is 0.0444. The van der Waals surface area contributed by atoms with Gasteiger partial charge < -0.3 is 14.8 Å². The number of hydrogen-bond acceptors (Lipinski definition) is 8. The molecule has 1 heterocycles. The molecule has 2 rings (SSSR count). The third kappa shape index (κ3) is 6.45. The lowest BCUT2D eigenvalue weighted by Gasteiger charge is -2.12. The molecule has 0 saturated heterocycles. The minimum Gasteiger partial charge on any atom is -0.497 e. The van der Waals surface area contributed by atoms with Gasteiger partial charge >= 0.3 is 5.97 Å². The zero-order valence-electron chi connectivity index (χ0n) is 15.4. The molecular weight excluding hydrogens is 370 g/mol. The Morgan fingerprint density at radius 2 is 1.85 bits per heavy atom. The van der Waals surface area contributed by atoms with Gasteiger partial charge in [-0.2, -0.15) is 0 Å². The van der Waals surface area contributed by atoms with Crippen molar-refractivity contribution in [2.24, 2.45) is 0 Å². The normalized spacial score (nSPS) is 11.5. The van der Waals surface area contributed by atoms with E-state index in [-0.39, 0.29) is 24.5 Å². The first-order chi connectivity index (χ1) is 12.9. The van der Waals surface area contributed by atoms with Gasteiger partial charge in [0.2, 0.25) is 16.8 Å². The molecule has 1 amide bonds. The third-order valence-electron chi connectivity index (χ3n) is 3.61. The summed E-state index contributed by atoms with van der Waals surface area (Å²) >= 11 is 1.28. The summed E-state index contributed by atoms with van der Waals surface area (Å²) in [6.07, 6.45) is -0.396. The van der Waals surface area contributed by atoms with E-state index < -0.39 is 12.1 Å². The number of rotatable bonds is 9. The first-order valence-electron chi connectivity index (χ1n) is 8.36. The van der Waals surface area contributed by atoms with Gasteiger partial charge in [-0.1, -0.05) is 11.3 Å². The Kier molecular flexibility index (Phi) is 7.42. The van der Waals surface area contributed by atoms with E-state index in [1.807, 2.05) is 0 Å². The van der Waals surface area contributed by atoms with Gasteiger partial charge in [0.15, 0.2) is 6.10 Å². The second-order valence-corrected chi connectivity index (χ2v) is 6.93. The molecule has 0 unspecified atom stereocenters. The van der Waals surface area contributed by atoms with Gasteiger partial charge in [0.1, 0.15) is 10.8 Å². The number of nitrogens with one attached hydrogen (secondary N) is 1. The van der Waals surface area contributed by atoms with Crippen LogP contribution < -0.4 is 10.1 Å². The summed E-state index contributed by atoms with van der Waals surface area (Å²) in [5, 5.41) is 11.4. The Labute approximate surface area is 160 Å². The van der Waals surface area contributed by atoms with Gasteiger partial charge in [0.05, 0.1) is 7.11 Å². The number of methoxy groups -OCH3 is 1. The number of hydrogen-bond donors (Lipinski definition) is 1. The van der Waals surface area contributed by atoms with Crippen molar-refractivity contribution >= 4 is 34.1 Å². The minimum atomic E-state index is -0.899. The maximum absolute atomic E-state index is 12.3. The van der Waals surface area contributed by atoms with E-state index in [4.69, 9.17) is 9.47 Å². The SMILES string of the molecule is COc1ccc(C(=O)[C@H](C)OC(=O)CCCC(=O)Nc2nnc(C)s2)cc1. The predicted octanol–water partition coefficient (Wildman–Crippen LogP) is 2.78. The number of nitrogens with zero attached hydrogens (tertiary/aromatic N) is 2. The second kappa shape index (κ2) is 9.77. The average molecular weight is 391 g/mol. The number of carbonyl (C=O) groups is 3. The van der Waals surface area contributed by atoms with Gasteiger partial charge in [0, 0.05) is 18.4 Å². The number of esters is 1. The van der Waals surface area contributed by atoms with Crippen LogP contribution in [0.5, 0.6) is 5.75 Å². The highest BCUT2D eigenvalue weighted by Gasteiger charge is 2.19. The summed E-state index contributed by atoms with van der Waals surface area (Å²) in [5.74, 6) is -0.432. The van der Waals surface area contributed by atoms with Crippen LogP contribution in [0.4, 0.5) is 5.13 Å². The van der Waals surface area contributed by atoms with Crippen molar-refractivity contribution in [3.8, 4) is 5.75 Å². The molecule has 2 aromatic rings. The van der Waals surface area contributed by atoms with E-state index in [0.717, 1.165) is 5.01 Å². The summed E-state index contributed by atoms with van der Waals surface area (Å²) in [5.41, 5.74) is 0.433. The standard InChI is InChI=1S/C18H21N3O5S/c1-11(17(24)13-7-9-14(25-3)10-8-13)26-16(23)6-4-5-15(22)19-18-21-20-12(2)27-18/h7-11H,4-6H2,1-3H3,(H,19,21,22)/t11-/m0/s1. The molecule has 0 radical (unpaired) electrons. The number of amides is 1. The molecule has 0 aliphatic heterocycles. The highest BCUT2D eigenvalue weighted by atomic mass is 32.1. The lowest BCUT2D eigenvalue weighted by molar-refractivity contribution is -0.146. The Balaban J connectivity index is 1.72. The van der Waals surface area contributed by atoms with Gasteiger partial charge in [-0.15, -0.1) is 10.2 Å². The first-order valence-corrected chi connectivity index (χ1v) is 9.18. The highest BCUT2D eigenvalue weighted by molar-refractivity contribution is 7.15. The zero-order valence-corrected chi connectivity index (χ0v) is 16.2. The van der Waals surface area contributed by atoms with Crippen LogP contribution in [0.15, 0.2) is 24.3 Å². The quantitative estimate of drug-likeness (QED) is 0.517. The third-order valence-corrected chi connectivity index (χ3v) is 4.36. The molecule has 144 valence electrons. The number of anilines is 1. The van der Waals surface area contributed by atoms with Crippen LogP contribution in [0.1, 0.15) is 41.6 Å². The molecule has 9 heteroatoms. The van der Waals surface area contributed by atoms with Crippen LogP contribution in [-0.4, -0.2) is 41.1 Å². The van der Waals surface area contributed by atoms with Crippen molar-refractivity contribution in [1.82, 2.24) is 10.2 Å². The lowest BCUT2D eigenvalue weighted by atomic mass is 10.1. The smallest absolute Gasteiger partial charge is 0.306 e. The summed E-state index contributed by atoms with van der Waals surface area (Å²) in [7, 11) is 1.54. The summed E-state index contributed by atoms with van der Waals surface area (Å²) in [4.78, 5) is 35.9. The summed E-state index contributed by atoms with van der Waals surface area (Å²) in [6, 6.07) is 6.57. The van der Waals surface area contributed by atoms with Crippen molar-refractivity contribution < 1.29 is 23.9 Å². The molecule has 0 spiro atoms. The van der Waals surface area contributed by atoms with Crippen LogP contribution in [0.3, 0.4) is 0 Å². The fourth-order valence-corrected chi connectivity index (χ4v) is 2.83. The maximum Gasteiger partial charge on any atom is 0.306 e. The Bertz CT molecular complexity index is 804. The highest BCUT2D eigenvalue weighted by Crippen LogP contribution is 2.15. The largest absolute Gasteiger partial charge is 0.497 e.